The highest BCUT2D eigenvalue weighted by atomic mass is 127. The number of fused-ring (bicyclic) bond motifs is 1. The Hall–Kier alpha value is -2.16. The number of rotatable bonds is 3. The lowest BCUT2D eigenvalue weighted by molar-refractivity contribution is 0.0666. The highest BCUT2D eigenvalue weighted by molar-refractivity contribution is 14.1. The number of aromatic carboxylic acids is 1. The van der Waals surface area contributed by atoms with Gasteiger partial charge in [-0.05, 0) is 46.9 Å². The Labute approximate surface area is 131 Å². The van der Waals surface area contributed by atoms with Gasteiger partial charge in [0.25, 0.3) is 0 Å². The van der Waals surface area contributed by atoms with E-state index < -0.39 is 11.8 Å². The zero-order chi connectivity index (χ0) is 15.0. The summed E-state index contributed by atoms with van der Waals surface area (Å²) in [5.74, 6) is -1.99. The van der Waals surface area contributed by atoms with Crippen LogP contribution in [-0.4, -0.2) is 16.1 Å². The highest BCUT2D eigenvalue weighted by Gasteiger charge is 2.21. The number of nitrogens with one attached hydrogen (secondary N) is 1. The average molecular weight is 398 g/mol. The lowest BCUT2D eigenvalue weighted by Gasteiger charge is -2.07. The molecule has 0 aliphatic rings. The van der Waals surface area contributed by atoms with Crippen molar-refractivity contribution in [3.8, 4) is 0 Å². The van der Waals surface area contributed by atoms with Crippen molar-refractivity contribution >= 4 is 50.9 Å². The van der Waals surface area contributed by atoms with Gasteiger partial charge < -0.3 is 14.8 Å². The molecule has 21 heavy (non-hydrogen) atoms. The van der Waals surface area contributed by atoms with Gasteiger partial charge in [-0.2, -0.15) is 0 Å². The number of carboxylic acids is 1. The number of nitrogens with zero attached hydrogens (tertiary/aromatic N) is 1. The van der Waals surface area contributed by atoms with Crippen LogP contribution in [0.4, 0.5) is 15.8 Å². The van der Waals surface area contributed by atoms with E-state index in [-0.39, 0.29) is 17.1 Å². The van der Waals surface area contributed by atoms with Gasteiger partial charge in [-0.1, -0.05) is 0 Å². The van der Waals surface area contributed by atoms with Gasteiger partial charge in [-0.3, -0.25) is 4.98 Å². The number of benzene rings is 1. The minimum atomic E-state index is -1.24. The van der Waals surface area contributed by atoms with Crippen molar-refractivity contribution in [2.24, 2.45) is 0 Å². The topological polar surface area (TPSA) is 75.4 Å². The van der Waals surface area contributed by atoms with E-state index in [9.17, 15) is 14.3 Å². The number of hydrogen-bond donors (Lipinski definition) is 2. The third kappa shape index (κ3) is 2.56. The Kier molecular flexibility index (Phi) is 3.50. The SMILES string of the molecule is O=C(O)c1oc2ccncc2c1Nc1ccc(I)cc1F. The fourth-order valence-electron chi connectivity index (χ4n) is 1.94. The van der Waals surface area contributed by atoms with Crippen LogP contribution in [-0.2, 0) is 0 Å². The Morgan fingerprint density at radius 1 is 1.38 bits per heavy atom. The van der Waals surface area contributed by atoms with Gasteiger partial charge in [-0.15, -0.1) is 0 Å². The summed E-state index contributed by atoms with van der Waals surface area (Å²) in [7, 11) is 0. The van der Waals surface area contributed by atoms with E-state index >= 15 is 0 Å². The second-order valence-electron chi connectivity index (χ2n) is 4.23. The van der Waals surface area contributed by atoms with Gasteiger partial charge >= 0.3 is 5.97 Å². The number of pyridine rings is 1. The predicted molar refractivity (Wildman–Crippen MR) is 83.4 cm³/mol. The molecule has 3 aromatic rings. The second kappa shape index (κ2) is 5.32. The van der Waals surface area contributed by atoms with Crippen molar-refractivity contribution in [3.05, 3.63) is 51.8 Å². The lowest BCUT2D eigenvalue weighted by Crippen LogP contribution is -2.01. The molecule has 0 unspecified atom stereocenters. The zero-order valence-electron chi connectivity index (χ0n) is 10.4. The molecule has 7 heteroatoms. The normalized spacial score (nSPS) is 10.8. The summed E-state index contributed by atoms with van der Waals surface area (Å²) in [5, 5.41) is 12.5. The second-order valence-corrected chi connectivity index (χ2v) is 5.48. The average Bonchev–Trinajstić information content (AvgIpc) is 2.81. The maximum absolute atomic E-state index is 13.9. The molecule has 3 rings (SSSR count). The van der Waals surface area contributed by atoms with Crippen LogP contribution in [0, 0.1) is 9.39 Å². The Balaban J connectivity index is 2.14. The molecule has 0 fully saturated rings. The van der Waals surface area contributed by atoms with Crippen LogP contribution in [0.1, 0.15) is 10.6 Å². The van der Waals surface area contributed by atoms with Crippen LogP contribution in [0.15, 0.2) is 41.1 Å². The van der Waals surface area contributed by atoms with Crippen molar-refractivity contribution in [2.75, 3.05) is 5.32 Å². The first-order valence-electron chi connectivity index (χ1n) is 5.88. The molecule has 5 nitrogen and oxygen atoms in total. The van der Waals surface area contributed by atoms with Crippen LogP contribution in [0.3, 0.4) is 0 Å². The summed E-state index contributed by atoms with van der Waals surface area (Å²) < 4.78 is 19.9. The number of furan rings is 1. The fourth-order valence-corrected chi connectivity index (χ4v) is 2.40. The molecule has 0 atom stereocenters. The van der Waals surface area contributed by atoms with Crippen LogP contribution < -0.4 is 5.32 Å². The number of anilines is 2. The minimum absolute atomic E-state index is 0.171. The molecule has 0 bridgehead atoms. The van der Waals surface area contributed by atoms with Gasteiger partial charge in [0.15, 0.2) is 0 Å². The maximum atomic E-state index is 13.9. The Morgan fingerprint density at radius 2 is 2.19 bits per heavy atom. The quantitative estimate of drug-likeness (QED) is 0.653. The standard InChI is InChI=1S/C14H8FIN2O3/c15-9-5-7(16)1-2-10(9)18-12-8-6-17-4-3-11(8)21-13(12)14(19)20/h1-6,18H,(H,19,20). The van der Waals surface area contributed by atoms with E-state index in [0.29, 0.717) is 11.0 Å². The van der Waals surface area contributed by atoms with Crippen molar-refractivity contribution in [1.82, 2.24) is 4.98 Å². The summed E-state index contributed by atoms with van der Waals surface area (Å²) in [6.07, 6.45) is 2.96. The van der Waals surface area contributed by atoms with Crippen molar-refractivity contribution < 1.29 is 18.7 Å². The van der Waals surface area contributed by atoms with Crippen LogP contribution in [0.25, 0.3) is 11.0 Å². The molecule has 0 spiro atoms. The molecule has 0 aliphatic carbocycles. The molecular weight excluding hydrogens is 390 g/mol. The van der Waals surface area contributed by atoms with E-state index in [4.69, 9.17) is 4.42 Å². The van der Waals surface area contributed by atoms with E-state index in [2.05, 4.69) is 10.3 Å². The van der Waals surface area contributed by atoms with Crippen molar-refractivity contribution in [3.63, 3.8) is 0 Å². The Bertz CT molecular complexity index is 847. The van der Waals surface area contributed by atoms with Gasteiger partial charge in [0.1, 0.15) is 17.1 Å². The van der Waals surface area contributed by atoms with Crippen LogP contribution in [0.5, 0.6) is 0 Å². The molecule has 2 heterocycles. The molecule has 0 radical (unpaired) electrons. The Morgan fingerprint density at radius 3 is 2.90 bits per heavy atom. The molecule has 1 aromatic carbocycles. The smallest absolute Gasteiger partial charge is 0.374 e. The van der Waals surface area contributed by atoms with Crippen LogP contribution in [0.2, 0.25) is 0 Å². The van der Waals surface area contributed by atoms with Gasteiger partial charge in [0.2, 0.25) is 5.76 Å². The molecule has 0 aliphatic heterocycles. The van der Waals surface area contributed by atoms with E-state index in [0.717, 1.165) is 3.57 Å². The number of halogens is 2. The summed E-state index contributed by atoms with van der Waals surface area (Å²) in [5.41, 5.74) is 0.728. The zero-order valence-corrected chi connectivity index (χ0v) is 12.6. The molecule has 2 aromatic heterocycles. The molecule has 2 N–H and O–H groups in total. The molecular formula is C14H8FIN2O3. The minimum Gasteiger partial charge on any atom is -0.475 e. The van der Waals surface area contributed by atoms with E-state index in [1.165, 1.54) is 24.5 Å². The number of carbonyl (C=O) groups is 1. The predicted octanol–water partition coefficient (Wildman–Crippen LogP) is 4.01. The maximum Gasteiger partial charge on any atom is 0.374 e. The first-order chi connectivity index (χ1) is 10.1. The van der Waals surface area contributed by atoms with Crippen molar-refractivity contribution in [1.29, 1.82) is 0 Å². The third-order valence-electron chi connectivity index (χ3n) is 2.87. The molecule has 0 saturated carbocycles. The third-order valence-corrected chi connectivity index (χ3v) is 3.55. The first kappa shape index (κ1) is 13.8. The van der Waals surface area contributed by atoms with Gasteiger partial charge in [-0.25, -0.2) is 9.18 Å². The van der Waals surface area contributed by atoms with Gasteiger partial charge in [0, 0.05) is 16.0 Å². The van der Waals surface area contributed by atoms with E-state index in [1.807, 2.05) is 22.6 Å². The van der Waals surface area contributed by atoms with Gasteiger partial charge in [0.05, 0.1) is 11.1 Å². The monoisotopic (exact) mass is 398 g/mol. The number of aromatic nitrogens is 1. The summed E-state index contributed by atoms with van der Waals surface area (Å²) >= 11 is 1.99. The molecule has 0 amide bonds. The fraction of sp³-hybridized carbons (Fsp3) is 0. The highest BCUT2D eigenvalue weighted by Crippen LogP contribution is 2.33. The number of carboxylic acid groups (broad SMARTS) is 1. The molecule has 106 valence electrons. The summed E-state index contributed by atoms with van der Waals surface area (Å²) in [4.78, 5) is 15.2. The van der Waals surface area contributed by atoms with Crippen molar-refractivity contribution in [2.45, 2.75) is 0 Å². The largest absolute Gasteiger partial charge is 0.475 e. The summed E-state index contributed by atoms with van der Waals surface area (Å²) in [6.45, 7) is 0. The van der Waals surface area contributed by atoms with E-state index in [1.54, 1.807) is 12.1 Å². The van der Waals surface area contributed by atoms with Crippen LogP contribution >= 0.6 is 22.6 Å². The summed E-state index contributed by atoms with van der Waals surface area (Å²) in [6, 6.07) is 6.16. The molecule has 0 saturated heterocycles. The number of hydrogen-bond acceptors (Lipinski definition) is 4. The first-order valence-corrected chi connectivity index (χ1v) is 6.96. The lowest BCUT2D eigenvalue weighted by atomic mass is 10.2.